The zero-order valence-electron chi connectivity index (χ0n) is 12.4. The van der Waals surface area contributed by atoms with Gasteiger partial charge in [-0.25, -0.2) is 4.68 Å². The molecule has 1 aromatic carbocycles. The van der Waals surface area contributed by atoms with Gasteiger partial charge in [0, 0.05) is 19.2 Å². The molecule has 5 heteroatoms. The lowest BCUT2D eigenvalue weighted by molar-refractivity contribution is 0.102. The maximum atomic E-state index is 11.7. The van der Waals surface area contributed by atoms with E-state index in [1.165, 1.54) is 16.3 Å². The normalized spacial score (nSPS) is 12.6. The highest BCUT2D eigenvalue weighted by atomic mass is 16.3. The van der Waals surface area contributed by atoms with Crippen LogP contribution in [0.3, 0.4) is 0 Å². The minimum atomic E-state index is -0.634. The predicted octanol–water partition coefficient (Wildman–Crippen LogP) is 1.04. The van der Waals surface area contributed by atoms with Crippen molar-refractivity contribution in [1.29, 1.82) is 0 Å². The average Bonchev–Trinajstić information content (AvgIpc) is 2.43. The third kappa shape index (κ3) is 4.81. The monoisotopic (exact) mass is 287 g/mol. The minimum absolute atomic E-state index is 0.189. The molecule has 0 aliphatic carbocycles. The Kier molecular flexibility index (Phi) is 5.25. The summed E-state index contributed by atoms with van der Waals surface area (Å²) in [4.78, 5) is 13.7. The summed E-state index contributed by atoms with van der Waals surface area (Å²) in [6.07, 6.45) is -0.634. The van der Waals surface area contributed by atoms with E-state index in [4.69, 9.17) is 0 Å². The first-order valence-corrected chi connectivity index (χ1v) is 7.00. The average molecular weight is 287 g/mol. The highest BCUT2D eigenvalue weighted by Crippen LogP contribution is 2.03. The molecule has 2 rings (SSSR count). The summed E-state index contributed by atoms with van der Waals surface area (Å²) in [6, 6.07) is 13.2. The van der Waals surface area contributed by atoms with E-state index in [1.54, 1.807) is 6.07 Å². The number of hydrogen-bond acceptors (Lipinski definition) is 4. The van der Waals surface area contributed by atoms with Crippen LogP contribution in [0.2, 0.25) is 0 Å². The van der Waals surface area contributed by atoms with Crippen LogP contribution in [0.25, 0.3) is 0 Å². The number of aliphatic hydroxyl groups is 1. The van der Waals surface area contributed by atoms with Crippen LogP contribution in [0, 0.1) is 6.92 Å². The Morgan fingerprint density at radius 3 is 2.67 bits per heavy atom. The van der Waals surface area contributed by atoms with Gasteiger partial charge in [-0.3, -0.25) is 9.69 Å². The first-order chi connectivity index (χ1) is 10.0. The molecule has 0 aliphatic heterocycles. The van der Waals surface area contributed by atoms with Crippen molar-refractivity contribution in [3.63, 3.8) is 0 Å². The van der Waals surface area contributed by atoms with Gasteiger partial charge in [-0.05, 0) is 25.6 Å². The molecular weight excluding hydrogens is 266 g/mol. The highest BCUT2D eigenvalue weighted by Gasteiger charge is 2.11. The van der Waals surface area contributed by atoms with Crippen molar-refractivity contribution in [3.8, 4) is 0 Å². The Labute approximate surface area is 124 Å². The predicted molar refractivity (Wildman–Crippen MR) is 82.0 cm³/mol. The smallest absolute Gasteiger partial charge is 0.266 e. The van der Waals surface area contributed by atoms with Crippen LogP contribution < -0.4 is 5.56 Å². The van der Waals surface area contributed by atoms with Crippen LogP contribution in [0.15, 0.2) is 47.3 Å². The van der Waals surface area contributed by atoms with Crippen molar-refractivity contribution >= 4 is 0 Å². The summed E-state index contributed by atoms with van der Waals surface area (Å²) < 4.78 is 1.32. The van der Waals surface area contributed by atoms with E-state index < -0.39 is 6.10 Å². The largest absolute Gasteiger partial charge is 0.390 e. The zero-order valence-corrected chi connectivity index (χ0v) is 12.4. The van der Waals surface area contributed by atoms with E-state index in [0.717, 1.165) is 12.2 Å². The van der Waals surface area contributed by atoms with Gasteiger partial charge in [-0.15, -0.1) is 0 Å². The molecule has 0 saturated heterocycles. The SMILES string of the molecule is Cc1ccc(=O)n(CC(O)CN(C)Cc2ccccc2)n1. The quantitative estimate of drug-likeness (QED) is 0.862. The maximum absolute atomic E-state index is 11.7. The van der Waals surface area contributed by atoms with Gasteiger partial charge in [-0.1, -0.05) is 30.3 Å². The standard InChI is InChI=1S/C16H21N3O2/c1-13-8-9-16(21)19(17-13)12-15(20)11-18(2)10-14-6-4-3-5-7-14/h3-9,15,20H,10-12H2,1-2H3. The Hall–Kier alpha value is -1.98. The van der Waals surface area contributed by atoms with E-state index in [9.17, 15) is 9.90 Å². The third-order valence-electron chi connectivity index (χ3n) is 3.20. The lowest BCUT2D eigenvalue weighted by atomic mass is 10.2. The lowest BCUT2D eigenvalue weighted by Gasteiger charge is -2.20. The molecule has 0 saturated carbocycles. The van der Waals surface area contributed by atoms with E-state index in [2.05, 4.69) is 17.2 Å². The molecular formula is C16H21N3O2. The molecule has 1 unspecified atom stereocenters. The number of aryl methyl sites for hydroxylation is 1. The van der Waals surface area contributed by atoms with E-state index in [0.29, 0.717) is 6.54 Å². The second-order valence-corrected chi connectivity index (χ2v) is 5.33. The van der Waals surface area contributed by atoms with E-state index in [-0.39, 0.29) is 12.1 Å². The molecule has 0 spiro atoms. The molecule has 5 nitrogen and oxygen atoms in total. The Morgan fingerprint density at radius 2 is 1.95 bits per heavy atom. The number of aliphatic hydroxyl groups excluding tert-OH is 1. The lowest BCUT2D eigenvalue weighted by Crippen LogP contribution is -2.35. The Balaban J connectivity index is 1.90. The van der Waals surface area contributed by atoms with Crippen molar-refractivity contribution in [3.05, 3.63) is 64.1 Å². The van der Waals surface area contributed by atoms with Crippen LogP contribution in [0.1, 0.15) is 11.3 Å². The fraction of sp³-hybridized carbons (Fsp3) is 0.375. The minimum Gasteiger partial charge on any atom is -0.390 e. The molecule has 112 valence electrons. The molecule has 21 heavy (non-hydrogen) atoms. The number of benzene rings is 1. The first-order valence-electron chi connectivity index (χ1n) is 7.00. The fourth-order valence-corrected chi connectivity index (χ4v) is 2.26. The zero-order chi connectivity index (χ0) is 15.2. The number of likely N-dealkylation sites (N-methyl/N-ethyl adjacent to an activating group) is 1. The van der Waals surface area contributed by atoms with Crippen LogP contribution in [0.5, 0.6) is 0 Å². The molecule has 0 bridgehead atoms. The van der Waals surface area contributed by atoms with E-state index in [1.807, 2.05) is 37.1 Å². The van der Waals surface area contributed by atoms with Crippen LogP contribution in [-0.2, 0) is 13.1 Å². The van der Waals surface area contributed by atoms with Crippen molar-refractivity contribution in [1.82, 2.24) is 14.7 Å². The molecule has 1 heterocycles. The molecule has 2 aromatic rings. The Morgan fingerprint density at radius 1 is 1.24 bits per heavy atom. The number of nitrogens with zero attached hydrogens (tertiary/aromatic N) is 3. The van der Waals surface area contributed by atoms with Gasteiger partial charge in [0.1, 0.15) is 0 Å². The van der Waals surface area contributed by atoms with Crippen molar-refractivity contribution in [2.75, 3.05) is 13.6 Å². The third-order valence-corrected chi connectivity index (χ3v) is 3.20. The molecule has 1 aromatic heterocycles. The van der Waals surface area contributed by atoms with Gasteiger partial charge in [0.2, 0.25) is 0 Å². The van der Waals surface area contributed by atoms with Gasteiger partial charge in [0.05, 0.1) is 18.3 Å². The first kappa shape index (κ1) is 15.4. The Bertz CT molecular complexity index is 625. The van der Waals surface area contributed by atoms with Crippen LogP contribution >= 0.6 is 0 Å². The summed E-state index contributed by atoms with van der Waals surface area (Å²) >= 11 is 0. The van der Waals surface area contributed by atoms with Gasteiger partial charge in [0.25, 0.3) is 5.56 Å². The van der Waals surface area contributed by atoms with Crippen LogP contribution in [-0.4, -0.2) is 39.5 Å². The number of hydrogen-bond donors (Lipinski definition) is 1. The van der Waals surface area contributed by atoms with Gasteiger partial charge in [0.15, 0.2) is 0 Å². The van der Waals surface area contributed by atoms with Crippen molar-refractivity contribution in [2.45, 2.75) is 26.1 Å². The van der Waals surface area contributed by atoms with E-state index >= 15 is 0 Å². The second kappa shape index (κ2) is 7.15. The van der Waals surface area contributed by atoms with Crippen molar-refractivity contribution in [2.24, 2.45) is 0 Å². The maximum Gasteiger partial charge on any atom is 0.266 e. The fourth-order valence-electron chi connectivity index (χ4n) is 2.26. The molecule has 0 amide bonds. The van der Waals surface area contributed by atoms with Crippen LogP contribution in [0.4, 0.5) is 0 Å². The molecule has 1 atom stereocenters. The second-order valence-electron chi connectivity index (χ2n) is 5.33. The summed E-state index contributed by atoms with van der Waals surface area (Å²) in [6.45, 7) is 3.27. The van der Waals surface area contributed by atoms with Crippen molar-refractivity contribution < 1.29 is 5.11 Å². The summed E-state index contributed by atoms with van der Waals surface area (Å²) in [5.74, 6) is 0. The molecule has 0 radical (unpaired) electrons. The molecule has 0 aliphatic rings. The number of aromatic nitrogens is 2. The van der Waals surface area contributed by atoms with Gasteiger partial charge >= 0.3 is 0 Å². The highest BCUT2D eigenvalue weighted by molar-refractivity contribution is 5.14. The number of rotatable bonds is 6. The van der Waals surface area contributed by atoms with Gasteiger partial charge < -0.3 is 5.11 Å². The molecule has 0 fully saturated rings. The summed E-state index contributed by atoms with van der Waals surface area (Å²) in [5, 5.41) is 14.3. The summed E-state index contributed by atoms with van der Waals surface area (Å²) in [5.41, 5.74) is 1.77. The van der Waals surface area contributed by atoms with Gasteiger partial charge in [-0.2, -0.15) is 5.10 Å². The molecule has 1 N–H and O–H groups in total. The topological polar surface area (TPSA) is 58.4 Å². The summed E-state index contributed by atoms with van der Waals surface area (Å²) in [7, 11) is 1.95.